The molecule has 1 aromatic rings. The van der Waals surface area contributed by atoms with Crippen LogP contribution in [0.1, 0.15) is 13.3 Å². The zero-order valence-corrected chi connectivity index (χ0v) is 11.0. The van der Waals surface area contributed by atoms with Crippen LogP contribution in [0.15, 0.2) is 36.0 Å². The summed E-state index contributed by atoms with van der Waals surface area (Å²) in [6, 6.07) is 8.99. The van der Waals surface area contributed by atoms with Crippen molar-refractivity contribution in [3.8, 4) is 11.8 Å². The number of hydrogen-bond donors (Lipinski definition) is 1. The van der Waals surface area contributed by atoms with Crippen LogP contribution in [0.25, 0.3) is 0 Å². The molecule has 0 unspecified atom stereocenters. The molecule has 5 heteroatoms. The van der Waals surface area contributed by atoms with Gasteiger partial charge in [-0.3, -0.25) is 0 Å². The maximum atomic E-state index is 11.2. The molecule has 0 bridgehead atoms. The smallest absolute Gasteiger partial charge is 0.350 e. The van der Waals surface area contributed by atoms with E-state index in [4.69, 9.17) is 10.00 Å². The SMILES string of the molecule is CCCOc1ccc(N/C=C(/C#N)C(=O)OC)cc1. The average Bonchev–Trinajstić information content (AvgIpc) is 2.46. The summed E-state index contributed by atoms with van der Waals surface area (Å²) in [6.45, 7) is 2.71. The van der Waals surface area contributed by atoms with Crippen LogP contribution in [0.2, 0.25) is 0 Å². The molecular weight excluding hydrogens is 244 g/mol. The Labute approximate surface area is 112 Å². The van der Waals surface area contributed by atoms with E-state index in [1.807, 2.05) is 19.1 Å². The van der Waals surface area contributed by atoms with Gasteiger partial charge >= 0.3 is 5.97 Å². The molecule has 0 aliphatic carbocycles. The highest BCUT2D eigenvalue weighted by atomic mass is 16.5. The molecule has 0 spiro atoms. The van der Waals surface area contributed by atoms with E-state index in [0.717, 1.165) is 17.9 Å². The molecule has 0 heterocycles. The lowest BCUT2D eigenvalue weighted by Gasteiger charge is -2.06. The van der Waals surface area contributed by atoms with E-state index in [0.29, 0.717) is 6.61 Å². The number of nitrogens with zero attached hydrogens (tertiary/aromatic N) is 1. The molecule has 0 fully saturated rings. The van der Waals surface area contributed by atoms with Gasteiger partial charge in [-0.05, 0) is 30.7 Å². The van der Waals surface area contributed by atoms with Gasteiger partial charge in [0.2, 0.25) is 0 Å². The van der Waals surface area contributed by atoms with Crippen molar-refractivity contribution in [2.24, 2.45) is 0 Å². The third kappa shape index (κ3) is 4.72. The quantitative estimate of drug-likeness (QED) is 0.483. The topological polar surface area (TPSA) is 71.3 Å². The number of rotatable bonds is 6. The second-order valence-corrected chi connectivity index (χ2v) is 3.68. The van der Waals surface area contributed by atoms with Gasteiger partial charge in [0.1, 0.15) is 11.8 Å². The van der Waals surface area contributed by atoms with Gasteiger partial charge in [0, 0.05) is 11.9 Å². The van der Waals surface area contributed by atoms with Crippen LogP contribution in [0.3, 0.4) is 0 Å². The fourth-order valence-corrected chi connectivity index (χ4v) is 1.27. The van der Waals surface area contributed by atoms with Gasteiger partial charge in [-0.1, -0.05) is 6.92 Å². The van der Waals surface area contributed by atoms with Crippen molar-refractivity contribution < 1.29 is 14.3 Å². The molecule has 0 atom stereocenters. The molecule has 0 aliphatic rings. The molecule has 1 N–H and O–H groups in total. The molecule has 0 saturated carbocycles. The minimum absolute atomic E-state index is 0.0891. The van der Waals surface area contributed by atoms with Gasteiger partial charge in [0.25, 0.3) is 0 Å². The summed E-state index contributed by atoms with van der Waals surface area (Å²) in [7, 11) is 1.23. The lowest BCUT2D eigenvalue weighted by Crippen LogP contribution is -2.05. The van der Waals surface area contributed by atoms with Crippen LogP contribution in [0, 0.1) is 11.3 Å². The molecular formula is C14H16N2O3. The zero-order valence-electron chi connectivity index (χ0n) is 11.0. The predicted octanol–water partition coefficient (Wildman–Crippen LogP) is 2.47. The van der Waals surface area contributed by atoms with Gasteiger partial charge in [-0.15, -0.1) is 0 Å². The second kappa shape index (κ2) is 7.77. The zero-order chi connectivity index (χ0) is 14.1. The van der Waals surface area contributed by atoms with Gasteiger partial charge in [-0.25, -0.2) is 4.79 Å². The number of hydrogen-bond acceptors (Lipinski definition) is 5. The molecule has 0 amide bonds. The van der Waals surface area contributed by atoms with Crippen LogP contribution in [0.4, 0.5) is 5.69 Å². The molecule has 19 heavy (non-hydrogen) atoms. The summed E-state index contributed by atoms with van der Waals surface area (Å²) in [5, 5.41) is 11.6. The highest BCUT2D eigenvalue weighted by Gasteiger charge is 2.07. The Balaban J connectivity index is 2.65. The maximum absolute atomic E-state index is 11.2. The normalized spacial score (nSPS) is 10.5. The Kier molecular flexibility index (Phi) is 5.96. The second-order valence-electron chi connectivity index (χ2n) is 3.68. The first-order valence-electron chi connectivity index (χ1n) is 5.89. The van der Waals surface area contributed by atoms with Gasteiger partial charge in [0.05, 0.1) is 13.7 Å². The highest BCUT2D eigenvalue weighted by Crippen LogP contribution is 2.16. The highest BCUT2D eigenvalue weighted by molar-refractivity contribution is 5.92. The molecule has 0 saturated heterocycles. The number of carbonyl (C=O) groups excluding carboxylic acids is 1. The van der Waals surface area contributed by atoms with E-state index in [1.165, 1.54) is 13.3 Å². The lowest BCUT2D eigenvalue weighted by atomic mass is 10.3. The van der Waals surface area contributed by atoms with Crippen LogP contribution in [-0.2, 0) is 9.53 Å². The predicted molar refractivity (Wildman–Crippen MR) is 71.6 cm³/mol. The summed E-state index contributed by atoms with van der Waals surface area (Å²) in [4.78, 5) is 11.2. The molecule has 1 aromatic carbocycles. The van der Waals surface area contributed by atoms with Crippen molar-refractivity contribution in [2.75, 3.05) is 19.0 Å². The first-order valence-corrected chi connectivity index (χ1v) is 5.89. The van der Waals surface area contributed by atoms with Gasteiger partial charge in [-0.2, -0.15) is 5.26 Å². The van der Waals surface area contributed by atoms with E-state index in [9.17, 15) is 4.79 Å². The number of esters is 1. The van der Waals surface area contributed by atoms with Crippen molar-refractivity contribution in [3.63, 3.8) is 0 Å². The van der Waals surface area contributed by atoms with Crippen molar-refractivity contribution in [1.29, 1.82) is 5.26 Å². The lowest BCUT2D eigenvalue weighted by molar-refractivity contribution is -0.135. The standard InChI is InChI=1S/C14H16N2O3/c1-3-8-19-13-6-4-12(5-7-13)16-10-11(9-15)14(17)18-2/h4-7,10,16H,3,8H2,1-2H3/b11-10-. The van der Waals surface area contributed by atoms with E-state index < -0.39 is 5.97 Å². The Morgan fingerprint density at radius 2 is 2.11 bits per heavy atom. The van der Waals surface area contributed by atoms with Gasteiger partial charge < -0.3 is 14.8 Å². The Morgan fingerprint density at radius 1 is 1.42 bits per heavy atom. The largest absolute Gasteiger partial charge is 0.494 e. The van der Waals surface area contributed by atoms with Crippen molar-refractivity contribution >= 4 is 11.7 Å². The van der Waals surface area contributed by atoms with E-state index >= 15 is 0 Å². The van der Waals surface area contributed by atoms with Crippen molar-refractivity contribution in [3.05, 3.63) is 36.0 Å². The van der Waals surface area contributed by atoms with E-state index in [-0.39, 0.29) is 5.57 Å². The Hall–Kier alpha value is -2.48. The van der Waals surface area contributed by atoms with Crippen LogP contribution >= 0.6 is 0 Å². The molecule has 100 valence electrons. The number of methoxy groups -OCH3 is 1. The Bertz CT molecular complexity index is 486. The minimum atomic E-state index is -0.669. The van der Waals surface area contributed by atoms with E-state index in [1.54, 1.807) is 18.2 Å². The number of anilines is 1. The molecule has 5 nitrogen and oxygen atoms in total. The fourth-order valence-electron chi connectivity index (χ4n) is 1.27. The maximum Gasteiger partial charge on any atom is 0.350 e. The number of carbonyl (C=O) groups is 1. The molecule has 1 rings (SSSR count). The Morgan fingerprint density at radius 3 is 2.63 bits per heavy atom. The number of nitrogens with one attached hydrogen (secondary N) is 1. The van der Waals surface area contributed by atoms with Crippen molar-refractivity contribution in [2.45, 2.75) is 13.3 Å². The van der Waals surface area contributed by atoms with Crippen LogP contribution < -0.4 is 10.1 Å². The number of ether oxygens (including phenoxy) is 2. The third-order valence-electron chi connectivity index (χ3n) is 2.24. The van der Waals surface area contributed by atoms with E-state index in [2.05, 4.69) is 10.1 Å². The first-order chi connectivity index (χ1) is 9.21. The summed E-state index contributed by atoms with van der Waals surface area (Å²) < 4.78 is 9.91. The fraction of sp³-hybridized carbons (Fsp3) is 0.286. The van der Waals surface area contributed by atoms with Gasteiger partial charge in [0.15, 0.2) is 5.57 Å². The first kappa shape index (κ1) is 14.6. The summed E-state index contributed by atoms with van der Waals surface area (Å²) in [5.74, 6) is 0.114. The molecule has 0 radical (unpaired) electrons. The monoisotopic (exact) mass is 260 g/mol. The van der Waals surface area contributed by atoms with Crippen LogP contribution in [0.5, 0.6) is 5.75 Å². The van der Waals surface area contributed by atoms with Crippen molar-refractivity contribution in [1.82, 2.24) is 0 Å². The summed E-state index contributed by atoms with van der Waals surface area (Å²) in [5.41, 5.74) is 0.661. The molecule has 0 aromatic heterocycles. The van der Waals surface area contributed by atoms with Crippen LogP contribution in [-0.4, -0.2) is 19.7 Å². The number of nitriles is 1. The summed E-state index contributed by atoms with van der Waals surface area (Å²) in [6.07, 6.45) is 2.27. The summed E-state index contributed by atoms with van der Waals surface area (Å²) >= 11 is 0. The number of benzene rings is 1. The molecule has 0 aliphatic heterocycles. The average molecular weight is 260 g/mol. The minimum Gasteiger partial charge on any atom is -0.494 e. The third-order valence-corrected chi connectivity index (χ3v) is 2.24.